The number of nitrogens with one attached hydrogen (secondary N) is 1. The lowest BCUT2D eigenvalue weighted by Gasteiger charge is -2.32. The maximum absolute atomic E-state index is 11.2. The molecular formula is C12H24N2O3. The summed E-state index contributed by atoms with van der Waals surface area (Å²) < 4.78 is 10.3. The molecule has 0 saturated carbocycles. The summed E-state index contributed by atoms with van der Waals surface area (Å²) >= 11 is 0. The van der Waals surface area contributed by atoms with Gasteiger partial charge in [0.05, 0.1) is 25.7 Å². The molecular weight excluding hydrogens is 220 g/mol. The normalized spacial score (nSPS) is 23.4. The fourth-order valence-electron chi connectivity index (χ4n) is 1.94. The molecule has 1 aliphatic rings. The van der Waals surface area contributed by atoms with Crippen LogP contribution in [-0.2, 0) is 14.3 Å². The minimum atomic E-state index is -0.169. The molecule has 2 unspecified atom stereocenters. The number of rotatable bonds is 6. The minimum absolute atomic E-state index is 0.106. The second kappa shape index (κ2) is 7.63. The SMILES string of the molecule is CCN1CCOC(CNCC(C)C(=O)OC)C1. The van der Waals surface area contributed by atoms with E-state index >= 15 is 0 Å². The minimum Gasteiger partial charge on any atom is -0.469 e. The van der Waals surface area contributed by atoms with E-state index in [1.807, 2.05) is 6.92 Å². The Kier molecular flexibility index (Phi) is 6.47. The molecule has 0 radical (unpaired) electrons. The number of nitrogens with zero attached hydrogens (tertiary/aromatic N) is 1. The molecule has 0 amide bonds. The van der Waals surface area contributed by atoms with Crippen molar-refractivity contribution in [3.63, 3.8) is 0 Å². The first-order valence-electron chi connectivity index (χ1n) is 6.29. The maximum Gasteiger partial charge on any atom is 0.309 e. The number of ether oxygens (including phenoxy) is 2. The molecule has 17 heavy (non-hydrogen) atoms. The van der Waals surface area contributed by atoms with Crippen LogP contribution in [0.25, 0.3) is 0 Å². The van der Waals surface area contributed by atoms with Crippen molar-refractivity contribution in [1.29, 1.82) is 0 Å². The molecule has 0 aromatic carbocycles. The number of methoxy groups -OCH3 is 1. The highest BCUT2D eigenvalue weighted by atomic mass is 16.5. The molecule has 0 aliphatic carbocycles. The first kappa shape index (κ1) is 14.4. The summed E-state index contributed by atoms with van der Waals surface area (Å²) in [6.45, 7) is 9.30. The van der Waals surface area contributed by atoms with Gasteiger partial charge in [0, 0.05) is 26.2 Å². The molecule has 1 fully saturated rings. The maximum atomic E-state index is 11.2. The third-order valence-corrected chi connectivity index (χ3v) is 3.10. The molecule has 2 atom stereocenters. The zero-order valence-corrected chi connectivity index (χ0v) is 11.1. The van der Waals surface area contributed by atoms with Crippen LogP contribution in [0.1, 0.15) is 13.8 Å². The lowest BCUT2D eigenvalue weighted by molar-refractivity contribution is -0.144. The van der Waals surface area contributed by atoms with Gasteiger partial charge in [-0.05, 0) is 6.54 Å². The zero-order valence-electron chi connectivity index (χ0n) is 11.1. The summed E-state index contributed by atoms with van der Waals surface area (Å²) in [4.78, 5) is 13.6. The van der Waals surface area contributed by atoms with Crippen molar-refractivity contribution in [2.24, 2.45) is 5.92 Å². The van der Waals surface area contributed by atoms with Crippen molar-refractivity contribution in [3.8, 4) is 0 Å². The predicted octanol–water partition coefficient (Wildman–Crippen LogP) is 0.106. The van der Waals surface area contributed by atoms with E-state index in [4.69, 9.17) is 4.74 Å². The summed E-state index contributed by atoms with van der Waals surface area (Å²) in [6, 6.07) is 0. The van der Waals surface area contributed by atoms with Gasteiger partial charge in [-0.2, -0.15) is 0 Å². The highest BCUT2D eigenvalue weighted by Crippen LogP contribution is 2.04. The quantitative estimate of drug-likeness (QED) is 0.672. The van der Waals surface area contributed by atoms with Crippen molar-refractivity contribution in [2.75, 3.05) is 46.4 Å². The van der Waals surface area contributed by atoms with Gasteiger partial charge in [0.15, 0.2) is 0 Å². The van der Waals surface area contributed by atoms with E-state index in [0.29, 0.717) is 6.54 Å². The van der Waals surface area contributed by atoms with Crippen LogP contribution in [0.2, 0.25) is 0 Å². The van der Waals surface area contributed by atoms with Gasteiger partial charge in [-0.25, -0.2) is 0 Å². The van der Waals surface area contributed by atoms with E-state index in [-0.39, 0.29) is 18.0 Å². The Labute approximate surface area is 103 Å². The molecule has 1 aliphatic heterocycles. The van der Waals surface area contributed by atoms with Crippen LogP contribution in [0.5, 0.6) is 0 Å². The van der Waals surface area contributed by atoms with Gasteiger partial charge in [-0.1, -0.05) is 13.8 Å². The van der Waals surface area contributed by atoms with Gasteiger partial charge in [0.2, 0.25) is 0 Å². The third-order valence-electron chi connectivity index (χ3n) is 3.10. The Morgan fingerprint density at radius 2 is 2.41 bits per heavy atom. The Morgan fingerprint density at radius 3 is 3.06 bits per heavy atom. The Balaban J connectivity index is 2.15. The van der Waals surface area contributed by atoms with Crippen molar-refractivity contribution in [1.82, 2.24) is 10.2 Å². The summed E-state index contributed by atoms with van der Waals surface area (Å²) in [6.07, 6.45) is 0.230. The van der Waals surface area contributed by atoms with Crippen LogP contribution in [-0.4, -0.2) is 63.4 Å². The smallest absolute Gasteiger partial charge is 0.309 e. The van der Waals surface area contributed by atoms with E-state index in [9.17, 15) is 4.79 Å². The lowest BCUT2D eigenvalue weighted by Crippen LogP contribution is -2.47. The third kappa shape index (κ3) is 5.02. The van der Waals surface area contributed by atoms with E-state index in [2.05, 4.69) is 21.9 Å². The van der Waals surface area contributed by atoms with Crippen LogP contribution in [0, 0.1) is 5.92 Å². The largest absolute Gasteiger partial charge is 0.469 e. The number of hydrogen-bond donors (Lipinski definition) is 1. The van der Waals surface area contributed by atoms with Gasteiger partial charge in [0.25, 0.3) is 0 Å². The Hall–Kier alpha value is -0.650. The molecule has 100 valence electrons. The summed E-state index contributed by atoms with van der Waals surface area (Å²) in [7, 11) is 1.42. The van der Waals surface area contributed by atoms with E-state index in [0.717, 1.165) is 32.8 Å². The van der Waals surface area contributed by atoms with Crippen molar-refractivity contribution in [3.05, 3.63) is 0 Å². The van der Waals surface area contributed by atoms with Crippen LogP contribution in [0.15, 0.2) is 0 Å². The molecule has 0 aromatic rings. The molecule has 5 heteroatoms. The van der Waals surface area contributed by atoms with Crippen molar-refractivity contribution >= 4 is 5.97 Å². The second-order valence-corrected chi connectivity index (χ2v) is 4.47. The van der Waals surface area contributed by atoms with E-state index in [1.165, 1.54) is 7.11 Å². The number of esters is 1. The van der Waals surface area contributed by atoms with Crippen LogP contribution in [0.4, 0.5) is 0 Å². The number of hydrogen-bond acceptors (Lipinski definition) is 5. The molecule has 1 N–H and O–H groups in total. The fourth-order valence-corrected chi connectivity index (χ4v) is 1.94. The molecule has 0 spiro atoms. The first-order chi connectivity index (χ1) is 8.17. The molecule has 1 rings (SSSR count). The number of morpholine rings is 1. The van der Waals surface area contributed by atoms with Crippen LogP contribution in [0.3, 0.4) is 0 Å². The molecule has 0 aromatic heterocycles. The van der Waals surface area contributed by atoms with Crippen LogP contribution < -0.4 is 5.32 Å². The van der Waals surface area contributed by atoms with Gasteiger partial charge in [0.1, 0.15) is 0 Å². The first-order valence-corrected chi connectivity index (χ1v) is 6.29. The van der Waals surface area contributed by atoms with Gasteiger partial charge < -0.3 is 14.8 Å². The number of likely N-dealkylation sites (N-methyl/N-ethyl adjacent to an activating group) is 1. The fraction of sp³-hybridized carbons (Fsp3) is 0.917. The van der Waals surface area contributed by atoms with Gasteiger partial charge >= 0.3 is 5.97 Å². The van der Waals surface area contributed by atoms with Crippen LogP contribution >= 0.6 is 0 Å². The monoisotopic (exact) mass is 244 g/mol. The van der Waals surface area contributed by atoms with Crippen molar-refractivity contribution < 1.29 is 14.3 Å². The second-order valence-electron chi connectivity index (χ2n) is 4.47. The molecule has 1 heterocycles. The average Bonchev–Trinajstić information content (AvgIpc) is 2.37. The van der Waals surface area contributed by atoms with Gasteiger partial charge in [-0.15, -0.1) is 0 Å². The van der Waals surface area contributed by atoms with Crippen molar-refractivity contribution in [2.45, 2.75) is 20.0 Å². The van der Waals surface area contributed by atoms with Gasteiger partial charge in [-0.3, -0.25) is 9.69 Å². The predicted molar refractivity (Wildman–Crippen MR) is 65.9 cm³/mol. The summed E-state index contributed by atoms with van der Waals surface area (Å²) in [5, 5.41) is 3.26. The summed E-state index contributed by atoms with van der Waals surface area (Å²) in [5.74, 6) is -0.275. The Morgan fingerprint density at radius 1 is 1.65 bits per heavy atom. The highest BCUT2D eigenvalue weighted by Gasteiger charge is 2.19. The number of carbonyl (C=O) groups excluding carboxylic acids is 1. The lowest BCUT2D eigenvalue weighted by atomic mass is 10.2. The average molecular weight is 244 g/mol. The van der Waals surface area contributed by atoms with E-state index in [1.54, 1.807) is 0 Å². The Bertz CT molecular complexity index is 236. The summed E-state index contributed by atoms with van der Waals surface area (Å²) in [5.41, 5.74) is 0. The molecule has 5 nitrogen and oxygen atoms in total. The zero-order chi connectivity index (χ0) is 12.7. The topological polar surface area (TPSA) is 50.8 Å². The molecule has 0 bridgehead atoms. The molecule has 1 saturated heterocycles. The number of carbonyl (C=O) groups is 1. The standard InChI is InChI=1S/C12H24N2O3/c1-4-14-5-6-17-11(9-14)8-13-7-10(2)12(15)16-3/h10-11,13H,4-9H2,1-3H3. The van der Waals surface area contributed by atoms with E-state index < -0.39 is 0 Å². The highest BCUT2D eigenvalue weighted by molar-refractivity contribution is 5.71.